The molecule has 0 aliphatic carbocycles. The van der Waals surface area contributed by atoms with Crippen LogP contribution in [-0.2, 0) is 16.1 Å². The molecule has 4 rings (SSSR count). The summed E-state index contributed by atoms with van der Waals surface area (Å²) >= 11 is 0. The number of urea groups is 1. The molecule has 0 aromatic heterocycles. The van der Waals surface area contributed by atoms with Gasteiger partial charge in [-0.05, 0) is 48.6 Å². The maximum atomic E-state index is 13.2. The maximum Gasteiger partial charge on any atom is 0.336 e. The SMILES string of the molecule is COC(=O)C1=C(c2cccc(OC)c2OC)C[C@@H]2CC[C@H]1N2C(=O)NCc1ccc(F)cc1. The smallest absolute Gasteiger partial charge is 0.336 e. The molecule has 33 heavy (non-hydrogen) atoms. The fraction of sp³-hybridized carbons (Fsp3) is 0.360. The first-order valence-corrected chi connectivity index (χ1v) is 10.8. The van der Waals surface area contributed by atoms with Crippen molar-refractivity contribution in [2.75, 3.05) is 21.3 Å². The van der Waals surface area contributed by atoms with E-state index in [1.807, 2.05) is 12.1 Å². The summed E-state index contributed by atoms with van der Waals surface area (Å²) in [6, 6.07) is 10.8. The van der Waals surface area contributed by atoms with E-state index >= 15 is 0 Å². The third kappa shape index (κ3) is 4.25. The Morgan fingerprint density at radius 2 is 1.82 bits per heavy atom. The van der Waals surface area contributed by atoms with Gasteiger partial charge in [0.15, 0.2) is 11.5 Å². The van der Waals surface area contributed by atoms with Gasteiger partial charge in [0.25, 0.3) is 0 Å². The van der Waals surface area contributed by atoms with Crippen LogP contribution in [0.1, 0.15) is 30.4 Å². The molecule has 0 radical (unpaired) electrons. The molecule has 2 aromatic rings. The molecular weight excluding hydrogens is 427 g/mol. The van der Waals surface area contributed by atoms with Crippen LogP contribution in [0.3, 0.4) is 0 Å². The van der Waals surface area contributed by atoms with E-state index in [1.165, 1.54) is 19.2 Å². The number of ether oxygens (including phenoxy) is 3. The van der Waals surface area contributed by atoms with Crippen molar-refractivity contribution in [3.05, 3.63) is 65.0 Å². The fourth-order valence-corrected chi connectivity index (χ4v) is 4.84. The zero-order valence-electron chi connectivity index (χ0n) is 18.9. The summed E-state index contributed by atoms with van der Waals surface area (Å²) in [7, 11) is 4.47. The van der Waals surface area contributed by atoms with Crippen LogP contribution in [0, 0.1) is 5.82 Å². The van der Waals surface area contributed by atoms with Gasteiger partial charge < -0.3 is 24.4 Å². The summed E-state index contributed by atoms with van der Waals surface area (Å²) < 4.78 is 29.3. The first kappa shape index (κ1) is 22.6. The number of amides is 2. The van der Waals surface area contributed by atoms with Gasteiger partial charge in [0, 0.05) is 18.2 Å². The molecule has 0 unspecified atom stereocenters. The van der Waals surface area contributed by atoms with Crippen LogP contribution < -0.4 is 14.8 Å². The predicted octanol–water partition coefficient (Wildman–Crippen LogP) is 3.92. The van der Waals surface area contributed by atoms with Crippen molar-refractivity contribution in [3.8, 4) is 11.5 Å². The van der Waals surface area contributed by atoms with E-state index in [-0.39, 0.29) is 24.4 Å². The van der Waals surface area contributed by atoms with Crippen molar-refractivity contribution in [2.24, 2.45) is 0 Å². The second-order valence-electron chi connectivity index (χ2n) is 8.07. The number of carbonyl (C=O) groups is 2. The van der Waals surface area contributed by atoms with E-state index in [4.69, 9.17) is 14.2 Å². The lowest BCUT2D eigenvalue weighted by Crippen LogP contribution is -2.50. The Labute approximate surface area is 192 Å². The number of benzene rings is 2. The summed E-state index contributed by atoms with van der Waals surface area (Å²) in [6.07, 6.45) is 1.92. The lowest BCUT2D eigenvalue weighted by molar-refractivity contribution is -0.136. The Morgan fingerprint density at radius 1 is 1.06 bits per heavy atom. The molecular formula is C25H27FN2O5. The van der Waals surface area contributed by atoms with Crippen LogP contribution in [-0.4, -0.2) is 50.3 Å². The van der Waals surface area contributed by atoms with Gasteiger partial charge in [-0.1, -0.05) is 24.3 Å². The molecule has 174 valence electrons. The molecule has 0 saturated carbocycles. The van der Waals surface area contributed by atoms with E-state index in [0.29, 0.717) is 29.9 Å². The number of hydrogen-bond acceptors (Lipinski definition) is 5. The number of carbonyl (C=O) groups excluding carboxylic acids is 2. The lowest BCUT2D eigenvalue weighted by Gasteiger charge is -2.37. The topological polar surface area (TPSA) is 77.1 Å². The van der Waals surface area contributed by atoms with E-state index in [9.17, 15) is 14.0 Å². The summed E-state index contributed by atoms with van der Waals surface area (Å²) in [5.41, 5.74) is 2.84. The minimum atomic E-state index is -0.462. The average molecular weight is 454 g/mol. The van der Waals surface area contributed by atoms with Gasteiger partial charge in [-0.15, -0.1) is 0 Å². The van der Waals surface area contributed by atoms with Gasteiger partial charge in [-0.25, -0.2) is 14.0 Å². The number of methoxy groups -OCH3 is 3. The van der Waals surface area contributed by atoms with Crippen molar-refractivity contribution in [1.29, 1.82) is 0 Å². The van der Waals surface area contributed by atoms with Crippen LogP contribution in [0.2, 0.25) is 0 Å². The predicted molar refractivity (Wildman–Crippen MR) is 120 cm³/mol. The van der Waals surface area contributed by atoms with Gasteiger partial charge in [0.05, 0.1) is 32.9 Å². The minimum Gasteiger partial charge on any atom is -0.493 e. The van der Waals surface area contributed by atoms with E-state index in [0.717, 1.165) is 23.1 Å². The zero-order valence-corrected chi connectivity index (χ0v) is 18.9. The highest BCUT2D eigenvalue weighted by Crippen LogP contribution is 2.47. The number of esters is 1. The van der Waals surface area contributed by atoms with Crippen LogP contribution in [0.15, 0.2) is 48.0 Å². The number of para-hydroxylation sites is 1. The normalized spacial score (nSPS) is 19.3. The molecule has 2 heterocycles. The molecule has 2 amide bonds. The van der Waals surface area contributed by atoms with Crippen LogP contribution in [0.5, 0.6) is 11.5 Å². The summed E-state index contributed by atoms with van der Waals surface area (Å²) in [4.78, 5) is 27.8. The van der Waals surface area contributed by atoms with Crippen molar-refractivity contribution >= 4 is 17.6 Å². The average Bonchev–Trinajstić information content (AvgIpc) is 3.15. The summed E-state index contributed by atoms with van der Waals surface area (Å²) in [5, 5.41) is 2.91. The van der Waals surface area contributed by atoms with Crippen molar-refractivity contribution in [3.63, 3.8) is 0 Å². The number of hydrogen-bond donors (Lipinski definition) is 1. The molecule has 2 aliphatic heterocycles. The van der Waals surface area contributed by atoms with Gasteiger partial charge in [-0.2, -0.15) is 0 Å². The number of rotatable bonds is 6. The van der Waals surface area contributed by atoms with Crippen LogP contribution in [0.4, 0.5) is 9.18 Å². The molecule has 1 N–H and O–H groups in total. The molecule has 2 aliphatic rings. The quantitative estimate of drug-likeness (QED) is 0.670. The summed E-state index contributed by atoms with van der Waals surface area (Å²) in [6.45, 7) is 0.267. The number of nitrogens with zero attached hydrogens (tertiary/aromatic N) is 1. The number of halogens is 1. The van der Waals surface area contributed by atoms with Gasteiger partial charge in [0.1, 0.15) is 5.82 Å². The Hall–Kier alpha value is -3.55. The van der Waals surface area contributed by atoms with E-state index < -0.39 is 12.0 Å². The first-order chi connectivity index (χ1) is 16.0. The fourth-order valence-electron chi connectivity index (χ4n) is 4.84. The van der Waals surface area contributed by atoms with E-state index in [1.54, 1.807) is 37.3 Å². The molecule has 8 heteroatoms. The number of fused-ring (bicyclic) bond motifs is 2. The minimum absolute atomic E-state index is 0.0671. The first-order valence-electron chi connectivity index (χ1n) is 10.8. The Bertz CT molecular complexity index is 1080. The standard InChI is InChI=1S/C25H27FN2O5/c1-31-21-6-4-5-18(23(21)32-2)19-13-17-11-12-20(22(19)24(29)33-3)28(17)25(30)27-14-15-7-9-16(26)10-8-15/h4-10,17,20H,11-14H2,1-3H3,(H,27,30)/t17-,20+/m0/s1. The molecule has 0 spiro atoms. The van der Waals surface area contributed by atoms with E-state index in [2.05, 4.69) is 5.32 Å². The molecule has 2 bridgehead atoms. The highest BCUT2D eigenvalue weighted by Gasteiger charge is 2.47. The van der Waals surface area contributed by atoms with Gasteiger partial charge >= 0.3 is 12.0 Å². The van der Waals surface area contributed by atoms with Crippen LogP contribution >= 0.6 is 0 Å². The molecule has 2 atom stereocenters. The Balaban J connectivity index is 1.66. The van der Waals surface area contributed by atoms with Gasteiger partial charge in [0.2, 0.25) is 0 Å². The molecule has 7 nitrogen and oxygen atoms in total. The number of nitrogens with one attached hydrogen (secondary N) is 1. The molecule has 1 saturated heterocycles. The van der Waals surface area contributed by atoms with Crippen molar-refractivity contribution in [2.45, 2.75) is 37.9 Å². The third-order valence-electron chi connectivity index (χ3n) is 6.33. The molecule has 2 aromatic carbocycles. The third-order valence-corrected chi connectivity index (χ3v) is 6.33. The maximum absolute atomic E-state index is 13.2. The second kappa shape index (κ2) is 9.52. The van der Waals surface area contributed by atoms with Crippen molar-refractivity contribution in [1.82, 2.24) is 10.2 Å². The molecule has 1 fully saturated rings. The van der Waals surface area contributed by atoms with Crippen LogP contribution in [0.25, 0.3) is 5.57 Å². The zero-order chi connectivity index (χ0) is 23.5. The largest absolute Gasteiger partial charge is 0.493 e. The van der Waals surface area contributed by atoms with Crippen molar-refractivity contribution < 1.29 is 28.2 Å². The Kier molecular flexibility index (Phi) is 6.53. The summed E-state index contributed by atoms with van der Waals surface area (Å²) in [5.74, 6) is 0.326. The monoisotopic (exact) mass is 454 g/mol. The Morgan fingerprint density at radius 3 is 2.48 bits per heavy atom. The van der Waals surface area contributed by atoms with Gasteiger partial charge in [-0.3, -0.25) is 0 Å². The lowest BCUT2D eigenvalue weighted by atomic mass is 9.88. The highest BCUT2D eigenvalue weighted by molar-refractivity contribution is 6.01. The second-order valence-corrected chi connectivity index (χ2v) is 8.07. The highest BCUT2D eigenvalue weighted by atomic mass is 19.1.